The summed E-state index contributed by atoms with van der Waals surface area (Å²) in [6.07, 6.45) is 4.02. The molecule has 0 rings (SSSR count). The summed E-state index contributed by atoms with van der Waals surface area (Å²) in [5, 5.41) is 2.02. The smallest absolute Gasteiger partial charge is 0.0142 e. The second kappa shape index (κ2) is 4.00. The van der Waals surface area contributed by atoms with Crippen LogP contribution in [0.5, 0.6) is 0 Å². The van der Waals surface area contributed by atoms with Crippen LogP contribution < -0.4 is 0 Å². The Hall–Kier alpha value is -0.170. The lowest BCUT2D eigenvalue weighted by molar-refractivity contribution is 1.57. The quantitative estimate of drug-likeness (QED) is 0.497. The molecule has 0 radical (unpaired) electrons. The fourth-order valence-electron chi connectivity index (χ4n) is 0.184. The summed E-state index contributed by atoms with van der Waals surface area (Å²) in [4.78, 5) is 0. The van der Waals surface area contributed by atoms with Gasteiger partial charge in [0.25, 0.3) is 0 Å². The van der Waals surface area contributed by atoms with E-state index >= 15 is 0 Å². The molecule has 1 heteroatoms. The molecular formula is C6H10S. The molecule has 0 bridgehead atoms. The van der Waals surface area contributed by atoms with Crippen LogP contribution in [0.25, 0.3) is 0 Å². The van der Waals surface area contributed by atoms with Crippen molar-refractivity contribution in [3.05, 3.63) is 23.6 Å². The van der Waals surface area contributed by atoms with Gasteiger partial charge in [0.05, 0.1) is 0 Å². The molecule has 0 aliphatic carbocycles. The Morgan fingerprint density at radius 3 is 2.43 bits per heavy atom. The fourth-order valence-corrected chi connectivity index (χ4v) is 0.553. The number of thioether (sulfide) groups is 1. The van der Waals surface area contributed by atoms with Crippen molar-refractivity contribution >= 4 is 11.8 Å². The predicted octanol–water partition coefficient (Wildman–Crippen LogP) is 2.44. The third-order valence-electron chi connectivity index (χ3n) is 0.489. The molecular weight excluding hydrogens is 104 g/mol. The molecule has 0 saturated heterocycles. The first-order valence-corrected chi connectivity index (χ1v) is 3.41. The summed E-state index contributed by atoms with van der Waals surface area (Å²) in [6.45, 7) is 5.67. The average Bonchev–Trinajstić information content (AvgIpc) is 1.61. The van der Waals surface area contributed by atoms with Crippen LogP contribution in [0.2, 0.25) is 0 Å². The van der Waals surface area contributed by atoms with Gasteiger partial charge in [-0.05, 0) is 18.6 Å². The Morgan fingerprint density at radius 1 is 1.71 bits per heavy atom. The standard InChI is InChI=1S/C6H10S/c1-6(2)4-5-7-3/h4-5H,1H2,2-3H3. The number of allylic oxidation sites excluding steroid dienone is 2. The van der Waals surface area contributed by atoms with E-state index in [-0.39, 0.29) is 0 Å². The zero-order chi connectivity index (χ0) is 5.70. The van der Waals surface area contributed by atoms with Gasteiger partial charge in [-0.3, -0.25) is 0 Å². The zero-order valence-electron chi connectivity index (χ0n) is 4.77. The topological polar surface area (TPSA) is 0 Å². The Labute approximate surface area is 49.3 Å². The largest absolute Gasteiger partial charge is 0.138 e. The average molecular weight is 114 g/mol. The van der Waals surface area contributed by atoms with Crippen molar-refractivity contribution in [1.29, 1.82) is 0 Å². The van der Waals surface area contributed by atoms with E-state index in [4.69, 9.17) is 0 Å². The molecule has 0 unspecified atom stereocenters. The molecule has 0 fully saturated rings. The predicted molar refractivity (Wildman–Crippen MR) is 37.5 cm³/mol. The maximum atomic E-state index is 3.69. The Balaban J connectivity index is 3.26. The van der Waals surface area contributed by atoms with Crippen LogP contribution in [0.1, 0.15) is 6.92 Å². The van der Waals surface area contributed by atoms with Gasteiger partial charge >= 0.3 is 0 Å². The molecule has 7 heavy (non-hydrogen) atoms. The van der Waals surface area contributed by atoms with Crippen molar-refractivity contribution in [3.8, 4) is 0 Å². The third kappa shape index (κ3) is 5.83. The van der Waals surface area contributed by atoms with Gasteiger partial charge in [0, 0.05) is 0 Å². The molecule has 0 heterocycles. The molecule has 0 aliphatic heterocycles. The monoisotopic (exact) mass is 114 g/mol. The Morgan fingerprint density at radius 2 is 2.29 bits per heavy atom. The highest BCUT2D eigenvalue weighted by atomic mass is 32.2. The van der Waals surface area contributed by atoms with Crippen molar-refractivity contribution < 1.29 is 0 Å². The van der Waals surface area contributed by atoms with Gasteiger partial charge in [0.15, 0.2) is 0 Å². The van der Waals surface area contributed by atoms with Crippen LogP contribution in [0.15, 0.2) is 23.6 Å². The summed E-state index contributed by atoms with van der Waals surface area (Å²) in [5.41, 5.74) is 1.11. The molecule has 0 atom stereocenters. The molecule has 0 N–H and O–H groups in total. The summed E-state index contributed by atoms with van der Waals surface area (Å²) in [7, 11) is 0. The summed E-state index contributed by atoms with van der Waals surface area (Å²) >= 11 is 1.69. The highest BCUT2D eigenvalue weighted by molar-refractivity contribution is 8.01. The molecule has 40 valence electrons. The van der Waals surface area contributed by atoms with Crippen molar-refractivity contribution in [2.45, 2.75) is 6.92 Å². The fraction of sp³-hybridized carbons (Fsp3) is 0.333. The molecule has 0 nitrogen and oxygen atoms in total. The summed E-state index contributed by atoms with van der Waals surface area (Å²) < 4.78 is 0. The van der Waals surface area contributed by atoms with Crippen molar-refractivity contribution in [1.82, 2.24) is 0 Å². The van der Waals surface area contributed by atoms with Crippen LogP contribution in [-0.2, 0) is 0 Å². The van der Waals surface area contributed by atoms with E-state index in [0.717, 1.165) is 5.57 Å². The SMILES string of the molecule is C=C(C)C=CSC. The van der Waals surface area contributed by atoms with Crippen LogP contribution in [-0.4, -0.2) is 6.26 Å². The highest BCUT2D eigenvalue weighted by Crippen LogP contribution is 1.97. The van der Waals surface area contributed by atoms with Gasteiger partial charge in [-0.25, -0.2) is 0 Å². The molecule has 0 aromatic carbocycles. The maximum absolute atomic E-state index is 3.69. The molecule has 0 amide bonds. The van der Waals surface area contributed by atoms with E-state index in [2.05, 4.69) is 6.58 Å². The van der Waals surface area contributed by atoms with E-state index in [0.29, 0.717) is 0 Å². The maximum Gasteiger partial charge on any atom is -0.0142 e. The van der Waals surface area contributed by atoms with E-state index in [1.165, 1.54) is 0 Å². The van der Waals surface area contributed by atoms with Crippen molar-refractivity contribution in [3.63, 3.8) is 0 Å². The van der Waals surface area contributed by atoms with Gasteiger partial charge < -0.3 is 0 Å². The molecule has 0 saturated carbocycles. The van der Waals surface area contributed by atoms with E-state index in [9.17, 15) is 0 Å². The van der Waals surface area contributed by atoms with Crippen LogP contribution in [0, 0.1) is 0 Å². The number of rotatable bonds is 2. The van der Waals surface area contributed by atoms with E-state index in [1.54, 1.807) is 11.8 Å². The Bertz CT molecular complexity index is 82.2. The summed E-state index contributed by atoms with van der Waals surface area (Å²) in [5.74, 6) is 0. The lowest BCUT2D eigenvalue weighted by Crippen LogP contribution is -1.55. The number of hydrogen-bond donors (Lipinski definition) is 0. The van der Waals surface area contributed by atoms with Crippen LogP contribution >= 0.6 is 11.8 Å². The first-order chi connectivity index (χ1) is 3.27. The second-order valence-electron chi connectivity index (χ2n) is 1.38. The van der Waals surface area contributed by atoms with Crippen LogP contribution in [0.3, 0.4) is 0 Å². The summed E-state index contributed by atoms with van der Waals surface area (Å²) in [6, 6.07) is 0. The Kier molecular flexibility index (Phi) is 3.90. The third-order valence-corrected chi connectivity index (χ3v) is 0.897. The van der Waals surface area contributed by atoms with Gasteiger partial charge in [0.1, 0.15) is 0 Å². The number of hydrogen-bond acceptors (Lipinski definition) is 1. The molecule has 0 aromatic heterocycles. The van der Waals surface area contributed by atoms with Gasteiger partial charge in [-0.1, -0.05) is 18.2 Å². The van der Waals surface area contributed by atoms with Gasteiger partial charge in [-0.2, -0.15) is 0 Å². The second-order valence-corrected chi connectivity index (χ2v) is 2.13. The minimum atomic E-state index is 1.11. The molecule has 0 spiro atoms. The lowest BCUT2D eigenvalue weighted by atomic mass is 10.4. The minimum Gasteiger partial charge on any atom is -0.138 e. The molecule has 0 aromatic rings. The van der Waals surface area contributed by atoms with Crippen LogP contribution in [0.4, 0.5) is 0 Å². The lowest BCUT2D eigenvalue weighted by Gasteiger charge is -1.79. The minimum absolute atomic E-state index is 1.11. The first-order valence-electron chi connectivity index (χ1n) is 2.12. The van der Waals surface area contributed by atoms with Crippen molar-refractivity contribution in [2.75, 3.05) is 6.26 Å². The highest BCUT2D eigenvalue weighted by Gasteiger charge is 1.68. The van der Waals surface area contributed by atoms with E-state index < -0.39 is 0 Å². The van der Waals surface area contributed by atoms with E-state index in [1.807, 2.05) is 24.7 Å². The first kappa shape index (κ1) is 6.83. The van der Waals surface area contributed by atoms with Gasteiger partial charge in [-0.15, -0.1) is 11.8 Å². The molecule has 0 aliphatic rings. The zero-order valence-corrected chi connectivity index (χ0v) is 5.59. The normalized spacial score (nSPS) is 10.0. The van der Waals surface area contributed by atoms with Crippen molar-refractivity contribution in [2.24, 2.45) is 0 Å². The van der Waals surface area contributed by atoms with Gasteiger partial charge in [0.2, 0.25) is 0 Å².